The fourth-order valence-corrected chi connectivity index (χ4v) is 4.25. The summed E-state index contributed by atoms with van der Waals surface area (Å²) in [4.78, 5) is 26.0. The first-order valence-corrected chi connectivity index (χ1v) is 11.2. The SMILES string of the molecule is COC(=O)C1(c2ccccc2)CN(CC(=O)Nc2ccc(C(F)(F)F)cc2)N=C1c1ccc(Cl)cc1. The number of hydrogen-bond donors (Lipinski definition) is 1. The third kappa shape index (κ3) is 5.06. The fraction of sp³-hybridized carbons (Fsp3) is 0.192. The van der Waals surface area contributed by atoms with Crippen LogP contribution in [0.3, 0.4) is 0 Å². The maximum Gasteiger partial charge on any atom is 0.416 e. The summed E-state index contributed by atoms with van der Waals surface area (Å²) in [7, 11) is 1.28. The number of benzene rings is 3. The van der Waals surface area contributed by atoms with E-state index < -0.39 is 29.0 Å². The highest BCUT2D eigenvalue weighted by atomic mass is 35.5. The van der Waals surface area contributed by atoms with Crippen LogP contribution in [0.15, 0.2) is 84.0 Å². The van der Waals surface area contributed by atoms with Crippen molar-refractivity contribution in [2.24, 2.45) is 5.10 Å². The van der Waals surface area contributed by atoms with Crippen molar-refractivity contribution >= 4 is 34.9 Å². The van der Waals surface area contributed by atoms with E-state index in [2.05, 4.69) is 10.4 Å². The van der Waals surface area contributed by atoms with Crippen molar-refractivity contribution in [3.8, 4) is 0 Å². The molecule has 1 unspecified atom stereocenters. The quantitative estimate of drug-likeness (QED) is 0.462. The van der Waals surface area contributed by atoms with Crippen LogP contribution in [-0.2, 0) is 25.9 Å². The average molecular weight is 516 g/mol. The van der Waals surface area contributed by atoms with E-state index in [1.165, 1.54) is 24.3 Å². The monoisotopic (exact) mass is 515 g/mol. The normalized spacial score (nSPS) is 17.5. The van der Waals surface area contributed by atoms with Crippen LogP contribution >= 0.6 is 11.6 Å². The van der Waals surface area contributed by atoms with Crippen LogP contribution in [-0.4, -0.2) is 42.8 Å². The lowest BCUT2D eigenvalue weighted by molar-refractivity contribution is -0.145. The summed E-state index contributed by atoms with van der Waals surface area (Å²) in [6, 6.07) is 19.9. The van der Waals surface area contributed by atoms with Gasteiger partial charge < -0.3 is 10.1 Å². The van der Waals surface area contributed by atoms with Gasteiger partial charge in [0.2, 0.25) is 5.91 Å². The third-order valence-corrected chi connectivity index (χ3v) is 6.06. The van der Waals surface area contributed by atoms with Crippen LogP contribution in [0.2, 0.25) is 5.02 Å². The molecule has 10 heteroatoms. The van der Waals surface area contributed by atoms with Crippen molar-refractivity contribution in [3.63, 3.8) is 0 Å². The number of halogens is 4. The number of carbonyl (C=O) groups excluding carboxylic acids is 2. The van der Waals surface area contributed by atoms with Crippen molar-refractivity contribution in [2.45, 2.75) is 11.6 Å². The van der Waals surface area contributed by atoms with Gasteiger partial charge in [-0.2, -0.15) is 18.3 Å². The summed E-state index contributed by atoms with van der Waals surface area (Å²) in [6.07, 6.45) is -4.47. The minimum Gasteiger partial charge on any atom is -0.468 e. The molecule has 0 saturated carbocycles. The highest BCUT2D eigenvalue weighted by Crippen LogP contribution is 2.37. The Kier molecular flexibility index (Phi) is 7.03. The molecule has 186 valence electrons. The number of esters is 1. The predicted octanol–water partition coefficient (Wildman–Crippen LogP) is 5.13. The molecule has 1 heterocycles. The third-order valence-electron chi connectivity index (χ3n) is 5.81. The van der Waals surface area contributed by atoms with Gasteiger partial charge in [-0.25, -0.2) is 0 Å². The Bertz CT molecular complexity index is 1280. The van der Waals surface area contributed by atoms with Gasteiger partial charge in [-0.15, -0.1) is 0 Å². The summed E-state index contributed by atoms with van der Waals surface area (Å²) in [5.41, 5.74) is -0.284. The second-order valence-corrected chi connectivity index (χ2v) is 8.60. The smallest absolute Gasteiger partial charge is 0.416 e. The van der Waals surface area contributed by atoms with Crippen LogP contribution in [0.1, 0.15) is 16.7 Å². The summed E-state index contributed by atoms with van der Waals surface area (Å²) in [6.45, 7) is -0.230. The van der Waals surface area contributed by atoms with Gasteiger partial charge in [-0.1, -0.05) is 54.1 Å². The van der Waals surface area contributed by atoms with Gasteiger partial charge in [0, 0.05) is 10.7 Å². The van der Waals surface area contributed by atoms with E-state index in [0.717, 1.165) is 12.1 Å². The molecule has 3 aromatic carbocycles. The number of anilines is 1. The number of nitrogens with one attached hydrogen (secondary N) is 1. The topological polar surface area (TPSA) is 71.0 Å². The molecule has 6 nitrogen and oxygen atoms in total. The minimum atomic E-state index is -4.47. The van der Waals surface area contributed by atoms with Gasteiger partial charge in [0.25, 0.3) is 0 Å². The number of hydrogen-bond acceptors (Lipinski definition) is 5. The Hall–Kier alpha value is -3.85. The summed E-state index contributed by atoms with van der Waals surface area (Å²) < 4.78 is 43.6. The lowest BCUT2D eigenvalue weighted by Gasteiger charge is -2.29. The van der Waals surface area contributed by atoms with E-state index >= 15 is 0 Å². The van der Waals surface area contributed by atoms with Crippen LogP contribution in [0.4, 0.5) is 18.9 Å². The number of amides is 1. The van der Waals surface area contributed by atoms with Gasteiger partial charge >= 0.3 is 12.1 Å². The molecule has 0 radical (unpaired) electrons. The molecule has 0 spiro atoms. The molecule has 0 bridgehead atoms. The van der Waals surface area contributed by atoms with Crippen LogP contribution in [0, 0.1) is 0 Å². The number of ether oxygens (including phenoxy) is 1. The number of hydrazone groups is 1. The standard InChI is InChI=1S/C26H21ClF3N3O3/c1-36-24(35)25(18-5-3-2-4-6-18)16-33(32-23(25)17-7-11-20(27)12-8-17)15-22(34)31-21-13-9-19(10-14-21)26(28,29)30/h2-14H,15-16H2,1H3,(H,31,34). The molecule has 4 rings (SSSR count). The largest absolute Gasteiger partial charge is 0.468 e. The average Bonchev–Trinajstić information content (AvgIpc) is 3.24. The molecule has 0 aromatic heterocycles. The molecule has 0 aliphatic carbocycles. The second-order valence-electron chi connectivity index (χ2n) is 8.16. The maximum absolute atomic E-state index is 13.3. The Morgan fingerprint density at radius 2 is 1.67 bits per heavy atom. The summed E-state index contributed by atoms with van der Waals surface area (Å²) >= 11 is 6.05. The van der Waals surface area contributed by atoms with E-state index in [1.807, 2.05) is 6.07 Å². The minimum absolute atomic E-state index is 0.0160. The van der Waals surface area contributed by atoms with Gasteiger partial charge in [-0.3, -0.25) is 14.6 Å². The molecular formula is C26H21ClF3N3O3. The fourth-order valence-electron chi connectivity index (χ4n) is 4.13. The van der Waals surface area contributed by atoms with E-state index in [1.54, 1.807) is 48.5 Å². The molecule has 1 aliphatic heterocycles. The zero-order valence-corrected chi connectivity index (χ0v) is 19.8. The van der Waals surface area contributed by atoms with Crippen molar-refractivity contribution in [1.82, 2.24) is 5.01 Å². The number of carbonyl (C=O) groups is 2. The lowest BCUT2D eigenvalue weighted by Crippen LogP contribution is -2.47. The zero-order chi connectivity index (χ0) is 25.9. The first kappa shape index (κ1) is 25.2. The van der Waals surface area contributed by atoms with Gasteiger partial charge in [-0.05, 0) is 47.5 Å². The Balaban J connectivity index is 1.64. The van der Waals surface area contributed by atoms with Crippen molar-refractivity contribution < 1.29 is 27.5 Å². The number of nitrogens with zero attached hydrogens (tertiary/aromatic N) is 2. The second kappa shape index (κ2) is 10.0. The lowest BCUT2D eigenvalue weighted by atomic mass is 9.74. The first-order chi connectivity index (χ1) is 17.1. The maximum atomic E-state index is 13.3. The summed E-state index contributed by atoms with van der Waals surface area (Å²) in [5, 5.41) is 9.13. The molecule has 0 fully saturated rings. The molecule has 36 heavy (non-hydrogen) atoms. The van der Waals surface area contributed by atoms with E-state index in [-0.39, 0.29) is 18.8 Å². The van der Waals surface area contributed by atoms with E-state index in [9.17, 15) is 22.8 Å². The number of alkyl halides is 3. The van der Waals surface area contributed by atoms with Gasteiger partial charge in [0.1, 0.15) is 6.54 Å². The highest BCUT2D eigenvalue weighted by Gasteiger charge is 2.52. The first-order valence-electron chi connectivity index (χ1n) is 10.8. The number of rotatable bonds is 6. The molecule has 1 N–H and O–H groups in total. The Morgan fingerprint density at radius 3 is 2.25 bits per heavy atom. The molecule has 1 amide bonds. The summed E-state index contributed by atoms with van der Waals surface area (Å²) in [5.74, 6) is -1.06. The van der Waals surface area contributed by atoms with Crippen LogP contribution in [0.5, 0.6) is 0 Å². The van der Waals surface area contributed by atoms with Gasteiger partial charge in [0.05, 0.1) is 24.9 Å². The molecule has 3 aromatic rings. The predicted molar refractivity (Wildman–Crippen MR) is 130 cm³/mol. The number of methoxy groups -OCH3 is 1. The Morgan fingerprint density at radius 1 is 1.03 bits per heavy atom. The van der Waals surface area contributed by atoms with Crippen molar-refractivity contribution in [3.05, 3.63) is 101 Å². The van der Waals surface area contributed by atoms with Crippen LogP contribution < -0.4 is 5.32 Å². The highest BCUT2D eigenvalue weighted by molar-refractivity contribution is 6.31. The molecule has 1 atom stereocenters. The molecular weight excluding hydrogens is 495 g/mol. The van der Waals surface area contributed by atoms with E-state index in [0.29, 0.717) is 21.9 Å². The Labute approximate surface area is 210 Å². The van der Waals surface area contributed by atoms with E-state index in [4.69, 9.17) is 16.3 Å². The zero-order valence-electron chi connectivity index (χ0n) is 19.1. The van der Waals surface area contributed by atoms with Crippen LogP contribution in [0.25, 0.3) is 0 Å². The molecule has 1 aliphatic rings. The van der Waals surface area contributed by atoms with Gasteiger partial charge in [0.15, 0.2) is 5.41 Å². The van der Waals surface area contributed by atoms with Crippen molar-refractivity contribution in [1.29, 1.82) is 0 Å². The van der Waals surface area contributed by atoms with Crippen molar-refractivity contribution in [2.75, 3.05) is 25.5 Å². The molecule has 0 saturated heterocycles.